The molecule has 0 spiro atoms. The number of fused-ring (bicyclic) bond motifs is 1. The van der Waals surface area contributed by atoms with E-state index in [4.69, 9.17) is 14.6 Å². The molecule has 7 nitrogen and oxygen atoms in total. The van der Waals surface area contributed by atoms with E-state index in [2.05, 4.69) is 33.1 Å². The Bertz CT molecular complexity index is 1160. The fraction of sp³-hybridized carbons (Fsp3) is 0.481. The Morgan fingerprint density at radius 3 is 2.53 bits per heavy atom. The molecular weight excluding hydrogens is 428 g/mol. The van der Waals surface area contributed by atoms with Crippen molar-refractivity contribution >= 4 is 22.5 Å². The van der Waals surface area contributed by atoms with Gasteiger partial charge < -0.3 is 14.8 Å². The number of hydrogen-bond donors (Lipinski definition) is 1. The molecule has 0 radical (unpaired) electrons. The molecule has 1 aromatic heterocycles. The molecule has 1 N–H and O–H groups in total. The zero-order valence-corrected chi connectivity index (χ0v) is 20.3. The number of carbonyl (C=O) groups excluding carboxylic acids is 1. The lowest BCUT2D eigenvalue weighted by atomic mass is 10.1. The van der Waals surface area contributed by atoms with Crippen LogP contribution in [0, 0.1) is 5.92 Å². The van der Waals surface area contributed by atoms with Gasteiger partial charge in [0, 0.05) is 18.8 Å². The van der Waals surface area contributed by atoms with Crippen molar-refractivity contribution in [1.82, 2.24) is 14.7 Å². The molecule has 0 unspecified atom stereocenters. The summed E-state index contributed by atoms with van der Waals surface area (Å²) in [6.07, 6.45) is 5.04. The van der Waals surface area contributed by atoms with Crippen LogP contribution < -0.4 is 14.8 Å². The third-order valence-corrected chi connectivity index (χ3v) is 6.76. The number of amides is 1. The molecule has 1 saturated carbocycles. The molecular formula is C27H34N4O3. The molecule has 2 aliphatic rings. The molecule has 1 amide bonds. The van der Waals surface area contributed by atoms with Crippen molar-refractivity contribution < 1.29 is 14.3 Å². The number of likely N-dealkylation sites (tertiary alicyclic amines) is 1. The zero-order chi connectivity index (χ0) is 23.7. The molecule has 3 aromatic rings. The van der Waals surface area contributed by atoms with Crippen LogP contribution in [0.15, 0.2) is 42.5 Å². The number of hydrogen-bond acceptors (Lipinski definition) is 5. The molecule has 1 aliphatic heterocycles. The van der Waals surface area contributed by atoms with Crippen LogP contribution in [0.4, 0.5) is 5.69 Å². The maximum absolute atomic E-state index is 13.1. The van der Waals surface area contributed by atoms with E-state index in [-0.39, 0.29) is 5.91 Å². The molecule has 2 heterocycles. The maximum atomic E-state index is 13.1. The summed E-state index contributed by atoms with van der Waals surface area (Å²) in [5.74, 6) is 1.72. The molecule has 2 fully saturated rings. The van der Waals surface area contributed by atoms with Crippen LogP contribution in [-0.4, -0.2) is 46.4 Å². The number of nitrogens with one attached hydrogen (secondary N) is 1. The van der Waals surface area contributed by atoms with Crippen molar-refractivity contribution in [3.8, 4) is 11.6 Å². The lowest BCUT2D eigenvalue weighted by molar-refractivity contribution is -0.128. The first kappa shape index (κ1) is 22.7. The summed E-state index contributed by atoms with van der Waals surface area (Å²) in [5.41, 5.74) is 1.92. The van der Waals surface area contributed by atoms with Crippen LogP contribution in [0.5, 0.6) is 11.6 Å². The Kier molecular flexibility index (Phi) is 6.21. The van der Waals surface area contributed by atoms with Crippen LogP contribution in [0.25, 0.3) is 10.9 Å². The lowest BCUT2D eigenvalue weighted by Crippen LogP contribution is -2.42. The first-order chi connectivity index (χ1) is 16.4. The van der Waals surface area contributed by atoms with Gasteiger partial charge in [0.2, 0.25) is 5.88 Å². The van der Waals surface area contributed by atoms with Crippen molar-refractivity contribution in [3.63, 3.8) is 0 Å². The number of anilines is 1. The average Bonchev–Trinajstić information content (AvgIpc) is 3.38. The summed E-state index contributed by atoms with van der Waals surface area (Å²) in [7, 11) is 1.62. The topological polar surface area (TPSA) is 68.6 Å². The van der Waals surface area contributed by atoms with Crippen LogP contribution in [0.3, 0.4) is 0 Å². The first-order valence-corrected chi connectivity index (χ1v) is 12.3. The highest BCUT2D eigenvalue weighted by Gasteiger charge is 2.33. The number of ether oxygens (including phenoxy) is 2. The van der Waals surface area contributed by atoms with E-state index in [0.29, 0.717) is 17.5 Å². The van der Waals surface area contributed by atoms with Crippen LogP contribution in [-0.2, 0) is 17.9 Å². The van der Waals surface area contributed by atoms with Gasteiger partial charge in [0.15, 0.2) is 5.60 Å². The van der Waals surface area contributed by atoms with Gasteiger partial charge in [-0.1, -0.05) is 6.07 Å². The molecule has 5 rings (SSSR count). The molecule has 180 valence electrons. The third-order valence-electron chi connectivity index (χ3n) is 6.76. The number of methoxy groups -OCH3 is 1. The van der Waals surface area contributed by atoms with Gasteiger partial charge in [0.25, 0.3) is 5.91 Å². The third kappa shape index (κ3) is 5.04. The largest absolute Gasteiger partial charge is 0.497 e. The normalized spacial score (nSPS) is 16.7. The molecule has 2 aromatic carbocycles. The monoisotopic (exact) mass is 462 g/mol. The minimum absolute atomic E-state index is 0.226. The number of aromatic nitrogens is 2. The van der Waals surface area contributed by atoms with Crippen molar-refractivity contribution in [1.29, 1.82) is 0 Å². The molecule has 1 saturated heterocycles. The highest BCUT2D eigenvalue weighted by molar-refractivity contribution is 5.97. The van der Waals surface area contributed by atoms with Crippen LogP contribution >= 0.6 is 0 Å². The Morgan fingerprint density at radius 2 is 1.85 bits per heavy atom. The summed E-state index contributed by atoms with van der Waals surface area (Å²) in [5, 5.41) is 8.75. The summed E-state index contributed by atoms with van der Waals surface area (Å²) in [6.45, 7) is 7.70. The summed E-state index contributed by atoms with van der Waals surface area (Å²) in [6, 6.07) is 13.8. The van der Waals surface area contributed by atoms with Gasteiger partial charge in [-0.15, -0.1) is 5.10 Å². The number of benzene rings is 2. The molecule has 0 atom stereocenters. The van der Waals surface area contributed by atoms with Crippen molar-refractivity contribution in [2.24, 2.45) is 5.92 Å². The van der Waals surface area contributed by atoms with Gasteiger partial charge >= 0.3 is 0 Å². The van der Waals surface area contributed by atoms with Crippen molar-refractivity contribution in [2.45, 2.75) is 58.2 Å². The van der Waals surface area contributed by atoms with Gasteiger partial charge in [-0.05, 0) is 100 Å². The SMILES string of the molecule is COc1ccc(NC(=O)C(C)(C)Oc2nn(CC3CC3)c3ccc(CN4CCCC4)cc23)cc1. The van der Waals surface area contributed by atoms with E-state index in [1.54, 1.807) is 21.0 Å². The lowest BCUT2D eigenvalue weighted by Gasteiger charge is -2.24. The highest BCUT2D eigenvalue weighted by Crippen LogP contribution is 2.35. The second-order valence-electron chi connectivity index (χ2n) is 10.1. The van der Waals surface area contributed by atoms with E-state index in [1.807, 2.05) is 24.3 Å². The quantitative estimate of drug-likeness (QED) is 0.493. The predicted octanol–water partition coefficient (Wildman–Crippen LogP) is 4.85. The minimum atomic E-state index is -1.10. The number of carbonyl (C=O) groups is 1. The second kappa shape index (κ2) is 9.29. The Morgan fingerprint density at radius 1 is 1.12 bits per heavy atom. The van der Waals surface area contributed by atoms with E-state index >= 15 is 0 Å². The molecule has 0 bridgehead atoms. The van der Waals surface area contributed by atoms with Gasteiger partial charge in [-0.25, -0.2) is 0 Å². The Balaban J connectivity index is 1.38. The molecule has 1 aliphatic carbocycles. The molecule has 7 heteroatoms. The smallest absolute Gasteiger partial charge is 0.268 e. The van der Waals surface area contributed by atoms with E-state index in [1.165, 1.54) is 31.2 Å². The fourth-order valence-electron chi connectivity index (χ4n) is 4.50. The number of nitrogens with zero attached hydrogens (tertiary/aromatic N) is 3. The van der Waals surface area contributed by atoms with Gasteiger partial charge in [-0.3, -0.25) is 14.4 Å². The maximum Gasteiger partial charge on any atom is 0.268 e. The number of rotatable bonds is 9. The van der Waals surface area contributed by atoms with Gasteiger partial charge in [0.1, 0.15) is 5.75 Å². The Labute approximate surface area is 201 Å². The highest BCUT2D eigenvalue weighted by atomic mass is 16.5. The van der Waals surface area contributed by atoms with Gasteiger partial charge in [-0.2, -0.15) is 0 Å². The van der Waals surface area contributed by atoms with Gasteiger partial charge in [0.05, 0.1) is 18.0 Å². The van der Waals surface area contributed by atoms with Crippen LogP contribution in [0.1, 0.15) is 45.1 Å². The predicted molar refractivity (Wildman–Crippen MR) is 133 cm³/mol. The average molecular weight is 463 g/mol. The summed E-state index contributed by atoms with van der Waals surface area (Å²) >= 11 is 0. The Hall–Kier alpha value is -3.06. The van der Waals surface area contributed by atoms with E-state index < -0.39 is 5.60 Å². The minimum Gasteiger partial charge on any atom is -0.497 e. The summed E-state index contributed by atoms with van der Waals surface area (Å²) < 4.78 is 13.6. The zero-order valence-electron chi connectivity index (χ0n) is 20.3. The van der Waals surface area contributed by atoms with E-state index in [9.17, 15) is 4.79 Å². The van der Waals surface area contributed by atoms with Crippen molar-refractivity contribution in [2.75, 3.05) is 25.5 Å². The second-order valence-corrected chi connectivity index (χ2v) is 10.1. The molecule has 34 heavy (non-hydrogen) atoms. The standard InChI is InChI=1S/C27H34N4O3/c1-27(2,26(32)28-21-9-11-22(33-3)12-10-21)34-25-23-16-20(17-30-14-4-5-15-30)8-13-24(23)31(29-25)18-19-6-7-19/h8-13,16,19H,4-7,14-15,17-18H2,1-3H3,(H,28,32). The first-order valence-electron chi connectivity index (χ1n) is 12.3. The van der Waals surface area contributed by atoms with E-state index in [0.717, 1.165) is 42.8 Å². The fourth-order valence-corrected chi connectivity index (χ4v) is 4.50. The van der Waals surface area contributed by atoms with Crippen LogP contribution in [0.2, 0.25) is 0 Å². The summed E-state index contributed by atoms with van der Waals surface area (Å²) in [4.78, 5) is 15.6. The van der Waals surface area contributed by atoms with Crippen molar-refractivity contribution in [3.05, 3.63) is 48.0 Å².